The molecule has 0 rings (SSSR count). The van der Waals surface area contributed by atoms with Gasteiger partial charge in [-0.05, 0) is 47.5 Å². The number of nitrogens with zero attached hydrogens (tertiary/aromatic N) is 1. The molecule has 8 heteroatoms. The van der Waals surface area contributed by atoms with Crippen LogP contribution in [0.4, 0.5) is 4.79 Å². The molecule has 0 unspecified atom stereocenters. The number of carbonyl (C=O) groups is 3. The predicted molar refractivity (Wildman–Crippen MR) is 112 cm³/mol. The summed E-state index contributed by atoms with van der Waals surface area (Å²) in [6, 6.07) is -1.79. The van der Waals surface area contributed by atoms with Crippen LogP contribution in [0, 0.1) is 0 Å². The minimum absolute atomic E-state index is 0.288. The first-order valence-electron chi connectivity index (χ1n) is 10.5. The molecule has 0 saturated heterocycles. The number of esters is 1. The van der Waals surface area contributed by atoms with Gasteiger partial charge in [0, 0.05) is 13.7 Å². The van der Waals surface area contributed by atoms with E-state index in [4.69, 9.17) is 14.2 Å². The van der Waals surface area contributed by atoms with Crippen molar-refractivity contribution in [2.24, 2.45) is 0 Å². The Morgan fingerprint density at radius 1 is 1.00 bits per heavy atom. The molecule has 2 amide bonds. The highest BCUT2D eigenvalue weighted by atomic mass is 16.6. The van der Waals surface area contributed by atoms with Crippen LogP contribution < -0.4 is 5.32 Å². The van der Waals surface area contributed by atoms with Gasteiger partial charge in [-0.3, -0.25) is 9.69 Å². The van der Waals surface area contributed by atoms with Gasteiger partial charge in [0.1, 0.15) is 11.6 Å². The average Bonchev–Trinajstić information content (AvgIpc) is 2.63. The molecule has 0 aromatic heterocycles. The Balaban J connectivity index is 5.10. The number of likely N-dealkylation sites (N-methyl/N-ethyl adjacent to an activating group) is 1. The molecule has 0 saturated carbocycles. The lowest BCUT2D eigenvalue weighted by Gasteiger charge is -2.30. The molecular formula is C21H40N2O6. The van der Waals surface area contributed by atoms with Gasteiger partial charge < -0.3 is 19.5 Å². The molecule has 3 atom stereocenters. The number of hydrogen-bond donors (Lipinski definition) is 1. The summed E-state index contributed by atoms with van der Waals surface area (Å²) in [6.07, 6.45) is 2.28. The first-order valence-corrected chi connectivity index (χ1v) is 10.5. The van der Waals surface area contributed by atoms with Gasteiger partial charge in [0.15, 0.2) is 6.04 Å². The highest BCUT2D eigenvalue weighted by Crippen LogP contribution is 2.12. The summed E-state index contributed by atoms with van der Waals surface area (Å²) in [5.74, 6) is -1.02. The Morgan fingerprint density at radius 2 is 1.55 bits per heavy atom. The quantitative estimate of drug-likeness (QED) is 0.388. The molecule has 0 aromatic carbocycles. The van der Waals surface area contributed by atoms with Crippen molar-refractivity contribution in [2.75, 3.05) is 20.3 Å². The highest BCUT2D eigenvalue weighted by molar-refractivity contribution is 5.89. The normalized spacial score (nSPS) is 14.5. The van der Waals surface area contributed by atoms with E-state index < -0.39 is 41.8 Å². The van der Waals surface area contributed by atoms with E-state index in [9.17, 15) is 14.4 Å². The lowest BCUT2D eigenvalue weighted by molar-refractivity contribution is -0.152. The zero-order chi connectivity index (χ0) is 22.6. The first-order chi connectivity index (χ1) is 13.4. The Bertz CT molecular complexity index is 518. The Hall–Kier alpha value is -1.83. The predicted octanol–water partition coefficient (Wildman–Crippen LogP) is 3.28. The van der Waals surface area contributed by atoms with Gasteiger partial charge in [0.05, 0.1) is 12.7 Å². The van der Waals surface area contributed by atoms with Crippen molar-refractivity contribution in [1.82, 2.24) is 10.2 Å². The van der Waals surface area contributed by atoms with Crippen LogP contribution in [-0.2, 0) is 23.8 Å². The van der Waals surface area contributed by atoms with Crippen molar-refractivity contribution >= 4 is 18.0 Å². The molecule has 0 aliphatic heterocycles. The van der Waals surface area contributed by atoms with Crippen LogP contribution in [0.3, 0.4) is 0 Å². The van der Waals surface area contributed by atoms with Crippen molar-refractivity contribution in [3.05, 3.63) is 0 Å². The minimum Gasteiger partial charge on any atom is -0.464 e. The monoisotopic (exact) mass is 416 g/mol. The maximum atomic E-state index is 12.7. The smallest absolute Gasteiger partial charge is 0.410 e. The number of amides is 2. The van der Waals surface area contributed by atoms with E-state index in [-0.39, 0.29) is 6.61 Å². The minimum atomic E-state index is -0.953. The number of ether oxygens (including phenoxy) is 3. The molecular weight excluding hydrogens is 376 g/mol. The van der Waals surface area contributed by atoms with Crippen LogP contribution in [0.25, 0.3) is 0 Å². The fourth-order valence-electron chi connectivity index (χ4n) is 2.23. The van der Waals surface area contributed by atoms with E-state index in [0.717, 1.165) is 25.7 Å². The Labute approximate surface area is 175 Å². The molecule has 170 valence electrons. The number of unbranched alkanes of at least 4 members (excludes halogenated alkanes) is 2. The lowest BCUT2D eigenvalue weighted by atomic mass is 10.1. The third kappa shape index (κ3) is 11.1. The maximum Gasteiger partial charge on any atom is 0.410 e. The summed E-state index contributed by atoms with van der Waals surface area (Å²) in [5, 5.41) is 2.68. The zero-order valence-electron chi connectivity index (χ0n) is 19.4. The van der Waals surface area contributed by atoms with Crippen LogP contribution in [-0.4, -0.2) is 66.9 Å². The van der Waals surface area contributed by atoms with Crippen LogP contribution in [0.15, 0.2) is 0 Å². The molecule has 0 aromatic rings. The standard InChI is InChI=1S/C21H40N2O6/c1-9-11-13-27-16(4)17(19(25)28-14-12-10-2)22-18(24)15(3)23(8)20(26)29-21(5,6)7/h15-17H,9-14H2,1-8H3,(H,22,24)/t15-,16+,17-/m0/s1. The summed E-state index contributed by atoms with van der Waals surface area (Å²) in [7, 11) is 1.48. The second-order valence-corrected chi connectivity index (χ2v) is 8.20. The van der Waals surface area contributed by atoms with Crippen LogP contribution in [0.1, 0.15) is 74.1 Å². The summed E-state index contributed by atoms with van der Waals surface area (Å²) in [6.45, 7) is 13.4. The summed E-state index contributed by atoms with van der Waals surface area (Å²) in [4.78, 5) is 38.6. The highest BCUT2D eigenvalue weighted by Gasteiger charge is 2.33. The van der Waals surface area contributed by atoms with E-state index >= 15 is 0 Å². The topological polar surface area (TPSA) is 94.2 Å². The van der Waals surface area contributed by atoms with E-state index in [1.807, 2.05) is 13.8 Å². The van der Waals surface area contributed by atoms with Crippen molar-refractivity contribution in [1.29, 1.82) is 0 Å². The van der Waals surface area contributed by atoms with Crippen LogP contribution in [0.2, 0.25) is 0 Å². The second kappa shape index (κ2) is 13.4. The number of hydrogen-bond acceptors (Lipinski definition) is 6. The third-order valence-corrected chi connectivity index (χ3v) is 4.28. The average molecular weight is 417 g/mol. The molecule has 0 bridgehead atoms. The lowest BCUT2D eigenvalue weighted by Crippen LogP contribution is -2.55. The molecule has 0 spiro atoms. The first kappa shape index (κ1) is 27.2. The van der Waals surface area contributed by atoms with E-state index in [2.05, 4.69) is 5.32 Å². The van der Waals surface area contributed by atoms with Crippen molar-refractivity contribution in [2.45, 2.75) is 97.9 Å². The summed E-state index contributed by atoms with van der Waals surface area (Å²) in [5.41, 5.74) is -0.672. The van der Waals surface area contributed by atoms with Gasteiger partial charge >= 0.3 is 12.1 Å². The van der Waals surface area contributed by atoms with Crippen molar-refractivity contribution < 1.29 is 28.6 Å². The van der Waals surface area contributed by atoms with Gasteiger partial charge in [0.2, 0.25) is 5.91 Å². The summed E-state index contributed by atoms with van der Waals surface area (Å²) < 4.78 is 16.3. The van der Waals surface area contributed by atoms with E-state index in [0.29, 0.717) is 6.61 Å². The number of nitrogens with one attached hydrogen (secondary N) is 1. The van der Waals surface area contributed by atoms with Gasteiger partial charge in [-0.25, -0.2) is 9.59 Å². The zero-order valence-corrected chi connectivity index (χ0v) is 19.4. The van der Waals surface area contributed by atoms with Gasteiger partial charge in [-0.2, -0.15) is 0 Å². The Morgan fingerprint density at radius 3 is 2.07 bits per heavy atom. The number of rotatable bonds is 12. The molecule has 0 heterocycles. The van der Waals surface area contributed by atoms with Gasteiger partial charge in [-0.15, -0.1) is 0 Å². The fourth-order valence-corrected chi connectivity index (χ4v) is 2.23. The van der Waals surface area contributed by atoms with Crippen molar-refractivity contribution in [3.8, 4) is 0 Å². The van der Waals surface area contributed by atoms with E-state index in [1.54, 1.807) is 34.6 Å². The Kier molecular flexibility index (Phi) is 12.6. The largest absolute Gasteiger partial charge is 0.464 e. The molecule has 0 radical (unpaired) electrons. The van der Waals surface area contributed by atoms with E-state index in [1.165, 1.54) is 11.9 Å². The molecule has 8 nitrogen and oxygen atoms in total. The van der Waals surface area contributed by atoms with Gasteiger partial charge in [-0.1, -0.05) is 26.7 Å². The number of carbonyl (C=O) groups excluding carboxylic acids is 3. The van der Waals surface area contributed by atoms with Crippen LogP contribution >= 0.6 is 0 Å². The van der Waals surface area contributed by atoms with Gasteiger partial charge in [0.25, 0.3) is 0 Å². The molecule has 0 fully saturated rings. The maximum absolute atomic E-state index is 12.7. The molecule has 1 N–H and O–H groups in total. The molecule has 0 aliphatic rings. The SMILES string of the molecule is CCCCOC(=O)[C@@H](NC(=O)[C@H](C)N(C)C(=O)OC(C)(C)C)[C@@H](C)OCCCC. The van der Waals surface area contributed by atoms with Crippen molar-refractivity contribution in [3.63, 3.8) is 0 Å². The molecule has 0 aliphatic carbocycles. The fraction of sp³-hybridized carbons (Fsp3) is 0.857. The second-order valence-electron chi connectivity index (χ2n) is 8.20. The molecule has 29 heavy (non-hydrogen) atoms. The third-order valence-electron chi connectivity index (χ3n) is 4.28. The summed E-state index contributed by atoms with van der Waals surface area (Å²) >= 11 is 0. The van der Waals surface area contributed by atoms with Crippen LogP contribution in [0.5, 0.6) is 0 Å².